The molecule has 0 spiro atoms. The highest BCUT2D eigenvalue weighted by Gasteiger charge is 2.14. The van der Waals surface area contributed by atoms with Gasteiger partial charge >= 0.3 is 0 Å². The second-order valence-corrected chi connectivity index (χ2v) is 14.1. The van der Waals surface area contributed by atoms with Gasteiger partial charge in [-0.3, -0.25) is 15.0 Å². The SMILES string of the molecule is c1ccc(-c2cccc(-c3ccc(-c4cc(-c5ccc(-c6cccc(-c7ccccn7)n6)cc5)nc(-c5ccc(-c6cccc(-c7ccccn7)n6)cc5)n4)cc3)n2)nc1. The van der Waals surface area contributed by atoms with Gasteiger partial charge in [-0.15, -0.1) is 0 Å². The number of pyridine rings is 6. The van der Waals surface area contributed by atoms with E-state index in [2.05, 4.69) is 93.8 Å². The van der Waals surface area contributed by atoms with Crippen LogP contribution < -0.4 is 0 Å². The van der Waals surface area contributed by atoms with Crippen LogP contribution in [0.3, 0.4) is 0 Å². The van der Waals surface area contributed by atoms with E-state index < -0.39 is 0 Å². The number of hydrogen-bond donors (Lipinski definition) is 0. The van der Waals surface area contributed by atoms with Crippen LogP contribution in [0.25, 0.3) is 102 Å². The van der Waals surface area contributed by atoms with Gasteiger partial charge in [-0.2, -0.15) is 0 Å². The molecular weight excluding hydrogens is 737 g/mol. The summed E-state index contributed by atoms with van der Waals surface area (Å²) in [4.78, 5) is 38.5. The quantitative estimate of drug-likeness (QED) is 0.143. The molecule has 0 bridgehead atoms. The molecule has 10 rings (SSSR count). The van der Waals surface area contributed by atoms with E-state index in [1.165, 1.54) is 0 Å². The lowest BCUT2D eigenvalue weighted by Crippen LogP contribution is -1.96. The van der Waals surface area contributed by atoms with Gasteiger partial charge in [-0.1, -0.05) is 109 Å². The maximum Gasteiger partial charge on any atom is 0.160 e. The molecule has 60 heavy (non-hydrogen) atoms. The lowest BCUT2D eigenvalue weighted by Gasteiger charge is -2.11. The highest BCUT2D eigenvalue weighted by atomic mass is 14.9. The van der Waals surface area contributed by atoms with E-state index in [9.17, 15) is 0 Å². The molecule has 8 heteroatoms. The van der Waals surface area contributed by atoms with Crippen LogP contribution in [0.15, 0.2) is 207 Å². The molecule has 0 aliphatic heterocycles. The zero-order chi connectivity index (χ0) is 40.1. The van der Waals surface area contributed by atoms with Gasteiger partial charge in [0.25, 0.3) is 0 Å². The van der Waals surface area contributed by atoms with Crippen LogP contribution >= 0.6 is 0 Å². The molecule has 0 aliphatic carbocycles. The molecule has 7 heterocycles. The Morgan fingerprint density at radius 3 is 0.800 bits per heavy atom. The van der Waals surface area contributed by atoms with Crippen molar-refractivity contribution in [3.05, 3.63) is 207 Å². The van der Waals surface area contributed by atoms with Gasteiger partial charge < -0.3 is 0 Å². The second-order valence-electron chi connectivity index (χ2n) is 14.1. The molecule has 7 aromatic heterocycles. The maximum atomic E-state index is 5.14. The third kappa shape index (κ3) is 7.68. The molecular formula is C52H34N8. The number of benzene rings is 3. The van der Waals surface area contributed by atoms with Crippen LogP contribution in [0.1, 0.15) is 0 Å². The first-order chi connectivity index (χ1) is 29.7. The van der Waals surface area contributed by atoms with Crippen molar-refractivity contribution < 1.29 is 0 Å². The Kier molecular flexibility index (Phi) is 9.75. The number of rotatable bonds is 9. The van der Waals surface area contributed by atoms with Crippen molar-refractivity contribution >= 4 is 0 Å². The first kappa shape index (κ1) is 36.0. The predicted molar refractivity (Wildman–Crippen MR) is 238 cm³/mol. The maximum absolute atomic E-state index is 5.14. The average Bonchev–Trinajstić information content (AvgIpc) is 3.35. The van der Waals surface area contributed by atoms with Crippen molar-refractivity contribution in [2.45, 2.75) is 0 Å². The van der Waals surface area contributed by atoms with Gasteiger partial charge in [0, 0.05) is 52.0 Å². The molecule has 8 nitrogen and oxygen atoms in total. The summed E-state index contributed by atoms with van der Waals surface area (Å²) >= 11 is 0. The minimum Gasteiger partial charge on any atom is -0.255 e. The van der Waals surface area contributed by atoms with Crippen LogP contribution in [-0.2, 0) is 0 Å². The summed E-state index contributed by atoms with van der Waals surface area (Å²) in [5.41, 5.74) is 15.0. The average molecular weight is 771 g/mol. The van der Waals surface area contributed by atoms with Crippen molar-refractivity contribution in [1.29, 1.82) is 0 Å². The van der Waals surface area contributed by atoms with Gasteiger partial charge in [0.1, 0.15) is 0 Å². The van der Waals surface area contributed by atoms with Crippen molar-refractivity contribution in [3.8, 4) is 102 Å². The Hall–Kier alpha value is -8.36. The fourth-order valence-electron chi connectivity index (χ4n) is 7.04. The highest BCUT2D eigenvalue weighted by molar-refractivity contribution is 5.76. The molecule has 0 atom stereocenters. The Morgan fingerprint density at radius 1 is 0.200 bits per heavy atom. The first-order valence-corrected chi connectivity index (χ1v) is 19.6. The Bertz CT molecular complexity index is 2700. The summed E-state index contributed by atoms with van der Waals surface area (Å²) in [5, 5.41) is 0. The molecule has 3 aromatic carbocycles. The molecule has 282 valence electrons. The molecule has 0 saturated carbocycles. The Morgan fingerprint density at radius 2 is 0.483 bits per heavy atom. The zero-order valence-electron chi connectivity index (χ0n) is 32.2. The van der Waals surface area contributed by atoms with E-state index in [0.29, 0.717) is 5.82 Å². The third-order valence-electron chi connectivity index (χ3n) is 10.1. The van der Waals surface area contributed by atoms with Gasteiger partial charge in [-0.05, 0) is 78.9 Å². The Balaban J connectivity index is 0.997. The first-order valence-electron chi connectivity index (χ1n) is 19.6. The normalized spacial score (nSPS) is 11.0. The van der Waals surface area contributed by atoms with Crippen LogP contribution in [0.2, 0.25) is 0 Å². The smallest absolute Gasteiger partial charge is 0.160 e. The highest BCUT2D eigenvalue weighted by Crippen LogP contribution is 2.32. The lowest BCUT2D eigenvalue weighted by molar-refractivity contribution is 1.18. The summed E-state index contributed by atoms with van der Waals surface area (Å²) in [5.74, 6) is 0.617. The van der Waals surface area contributed by atoms with E-state index in [0.717, 1.165) is 96.0 Å². The van der Waals surface area contributed by atoms with E-state index >= 15 is 0 Å². The van der Waals surface area contributed by atoms with Crippen molar-refractivity contribution in [2.24, 2.45) is 0 Å². The summed E-state index contributed by atoms with van der Waals surface area (Å²) in [6, 6.07) is 62.6. The third-order valence-corrected chi connectivity index (χ3v) is 10.1. The lowest BCUT2D eigenvalue weighted by atomic mass is 10.0. The van der Waals surface area contributed by atoms with Crippen molar-refractivity contribution in [3.63, 3.8) is 0 Å². The molecule has 0 amide bonds. The predicted octanol–water partition coefficient (Wildman–Crippen LogP) is 11.8. The zero-order valence-corrected chi connectivity index (χ0v) is 32.2. The summed E-state index contributed by atoms with van der Waals surface area (Å²) in [7, 11) is 0. The number of nitrogens with zero attached hydrogens (tertiary/aromatic N) is 8. The summed E-state index contributed by atoms with van der Waals surface area (Å²) in [6.07, 6.45) is 5.35. The van der Waals surface area contributed by atoms with E-state index in [4.69, 9.17) is 24.9 Å². The number of hydrogen-bond acceptors (Lipinski definition) is 8. The van der Waals surface area contributed by atoms with E-state index in [1.807, 2.05) is 109 Å². The second kappa shape index (κ2) is 16.2. The van der Waals surface area contributed by atoms with Gasteiger partial charge in [0.15, 0.2) is 5.82 Å². The topological polar surface area (TPSA) is 103 Å². The molecule has 10 aromatic rings. The van der Waals surface area contributed by atoms with Crippen LogP contribution in [0, 0.1) is 0 Å². The minimum absolute atomic E-state index is 0.617. The summed E-state index contributed by atoms with van der Waals surface area (Å²) < 4.78 is 0. The van der Waals surface area contributed by atoms with Gasteiger partial charge in [-0.25, -0.2) is 24.9 Å². The number of aromatic nitrogens is 8. The fraction of sp³-hybridized carbons (Fsp3) is 0. The van der Waals surface area contributed by atoms with E-state index in [1.54, 1.807) is 18.6 Å². The van der Waals surface area contributed by atoms with E-state index in [-0.39, 0.29) is 0 Å². The standard InChI is InChI=1S/C52H34N8/c1-4-31-53-44(10-1)47-16-7-13-41(56-47)35-19-23-38(24-20-35)50-34-51(39-25-21-36(22-26-39)42-14-8-17-48(57-42)45-11-2-5-32-54-45)60-52(59-50)40-29-27-37(28-30-40)43-15-9-18-49(58-43)46-12-3-6-33-55-46/h1-34H. The molecule has 0 radical (unpaired) electrons. The van der Waals surface area contributed by atoms with Crippen LogP contribution in [0.5, 0.6) is 0 Å². The largest absolute Gasteiger partial charge is 0.255 e. The van der Waals surface area contributed by atoms with Crippen LogP contribution in [-0.4, -0.2) is 39.9 Å². The molecule has 0 N–H and O–H groups in total. The van der Waals surface area contributed by atoms with Crippen LogP contribution in [0.4, 0.5) is 0 Å². The van der Waals surface area contributed by atoms with Crippen molar-refractivity contribution in [1.82, 2.24) is 39.9 Å². The summed E-state index contributed by atoms with van der Waals surface area (Å²) in [6.45, 7) is 0. The van der Waals surface area contributed by atoms with Gasteiger partial charge in [0.05, 0.1) is 62.6 Å². The Labute approximate surface area is 347 Å². The molecule has 0 fully saturated rings. The molecule has 0 aliphatic rings. The fourth-order valence-corrected chi connectivity index (χ4v) is 7.04. The monoisotopic (exact) mass is 770 g/mol. The van der Waals surface area contributed by atoms with Gasteiger partial charge in [0.2, 0.25) is 0 Å². The van der Waals surface area contributed by atoms with Crippen molar-refractivity contribution in [2.75, 3.05) is 0 Å². The molecule has 0 unspecified atom stereocenters. The molecule has 0 saturated heterocycles. The minimum atomic E-state index is 0.617.